The van der Waals surface area contributed by atoms with Crippen molar-refractivity contribution in [1.29, 1.82) is 0 Å². The molecule has 1 aromatic rings. The maximum atomic E-state index is 13.1. The lowest BCUT2D eigenvalue weighted by molar-refractivity contribution is -0.385. The summed E-state index contributed by atoms with van der Waals surface area (Å²) in [5, 5.41) is 16.1. The van der Waals surface area contributed by atoms with Crippen LogP contribution >= 0.6 is 0 Å². The van der Waals surface area contributed by atoms with E-state index < -0.39 is 10.7 Å². The highest BCUT2D eigenvalue weighted by molar-refractivity contribution is 5.72. The molecule has 0 aliphatic rings. The molecule has 1 rings (SSSR count). The van der Waals surface area contributed by atoms with E-state index >= 15 is 0 Å². The van der Waals surface area contributed by atoms with Crippen molar-refractivity contribution in [2.75, 3.05) is 13.1 Å². The third-order valence-electron chi connectivity index (χ3n) is 2.16. The summed E-state index contributed by atoms with van der Waals surface area (Å²) in [6.45, 7) is 2.67. The number of hydrogen-bond donors (Lipinski definition) is 2. The summed E-state index contributed by atoms with van der Waals surface area (Å²) < 4.78 is 13.1. The fourth-order valence-corrected chi connectivity index (χ4v) is 1.40. The summed E-state index contributed by atoms with van der Waals surface area (Å²) >= 11 is 0. The third kappa shape index (κ3) is 4.88. The standard InChI is InChI=1S/C11H14FN3O3/c1-8(16)14-3-2-13-7-9-4-10(12)6-11(5-9)15(17)18/h4-6,13H,2-3,7H2,1H3,(H,14,16). The minimum absolute atomic E-state index is 0.127. The number of nitrogens with one attached hydrogen (secondary N) is 2. The second kappa shape index (κ2) is 6.65. The van der Waals surface area contributed by atoms with Crippen molar-refractivity contribution in [2.45, 2.75) is 13.5 Å². The van der Waals surface area contributed by atoms with Gasteiger partial charge < -0.3 is 10.6 Å². The van der Waals surface area contributed by atoms with Crippen LogP contribution < -0.4 is 10.6 Å². The van der Waals surface area contributed by atoms with Gasteiger partial charge in [-0.1, -0.05) is 0 Å². The van der Waals surface area contributed by atoms with Gasteiger partial charge in [-0.3, -0.25) is 14.9 Å². The number of rotatable bonds is 6. The summed E-state index contributed by atoms with van der Waals surface area (Å²) in [5.74, 6) is -0.763. The van der Waals surface area contributed by atoms with Gasteiger partial charge >= 0.3 is 0 Å². The van der Waals surface area contributed by atoms with Crippen LogP contribution in [0, 0.1) is 15.9 Å². The Hall–Kier alpha value is -2.02. The molecule has 0 bridgehead atoms. The number of hydrogen-bond acceptors (Lipinski definition) is 4. The first-order valence-corrected chi connectivity index (χ1v) is 5.38. The highest BCUT2D eigenvalue weighted by atomic mass is 19.1. The highest BCUT2D eigenvalue weighted by Gasteiger charge is 2.09. The Labute approximate surface area is 103 Å². The number of benzene rings is 1. The third-order valence-corrected chi connectivity index (χ3v) is 2.16. The molecule has 0 fully saturated rings. The zero-order valence-corrected chi connectivity index (χ0v) is 9.90. The van der Waals surface area contributed by atoms with E-state index in [1.165, 1.54) is 19.1 Å². The first kappa shape index (κ1) is 14.0. The lowest BCUT2D eigenvalue weighted by Crippen LogP contribution is -2.29. The van der Waals surface area contributed by atoms with E-state index in [1.807, 2.05) is 0 Å². The van der Waals surface area contributed by atoms with Crippen LogP contribution in [0.2, 0.25) is 0 Å². The Morgan fingerprint density at radius 2 is 2.11 bits per heavy atom. The molecule has 18 heavy (non-hydrogen) atoms. The lowest BCUT2D eigenvalue weighted by Gasteiger charge is -2.05. The Morgan fingerprint density at radius 3 is 2.72 bits per heavy atom. The van der Waals surface area contributed by atoms with Gasteiger partial charge in [0.05, 0.1) is 11.0 Å². The van der Waals surface area contributed by atoms with Gasteiger partial charge in [0.25, 0.3) is 5.69 Å². The van der Waals surface area contributed by atoms with Gasteiger partial charge in [-0.2, -0.15) is 0 Å². The molecule has 0 aromatic heterocycles. The molecule has 7 heteroatoms. The van der Waals surface area contributed by atoms with E-state index in [-0.39, 0.29) is 11.6 Å². The zero-order valence-electron chi connectivity index (χ0n) is 9.90. The molecule has 2 N–H and O–H groups in total. The first-order chi connectivity index (χ1) is 8.49. The molecule has 0 heterocycles. The molecule has 0 unspecified atom stereocenters. The number of nitro groups is 1. The van der Waals surface area contributed by atoms with Crippen molar-refractivity contribution in [3.05, 3.63) is 39.7 Å². The number of halogens is 1. The molecule has 0 radical (unpaired) electrons. The van der Waals surface area contributed by atoms with E-state index in [0.29, 0.717) is 25.2 Å². The molecule has 0 spiro atoms. The van der Waals surface area contributed by atoms with Crippen molar-refractivity contribution >= 4 is 11.6 Å². The van der Waals surface area contributed by atoms with Crippen LogP contribution in [-0.2, 0) is 11.3 Å². The average molecular weight is 255 g/mol. The van der Waals surface area contributed by atoms with Gasteiger partial charge in [-0.25, -0.2) is 4.39 Å². The monoisotopic (exact) mass is 255 g/mol. The zero-order chi connectivity index (χ0) is 13.5. The molecule has 98 valence electrons. The summed E-state index contributed by atoms with van der Waals surface area (Å²) in [6.07, 6.45) is 0. The molecule has 0 aliphatic carbocycles. The van der Waals surface area contributed by atoms with Crippen molar-refractivity contribution < 1.29 is 14.1 Å². The number of nitro benzene ring substituents is 1. The van der Waals surface area contributed by atoms with Crippen LogP contribution in [0.1, 0.15) is 12.5 Å². The predicted molar refractivity (Wildman–Crippen MR) is 63.4 cm³/mol. The average Bonchev–Trinajstić information content (AvgIpc) is 2.27. The van der Waals surface area contributed by atoms with Gasteiger partial charge in [0, 0.05) is 32.6 Å². The fraction of sp³-hybridized carbons (Fsp3) is 0.364. The second-order valence-electron chi connectivity index (χ2n) is 3.73. The summed E-state index contributed by atoms with van der Waals surface area (Å²) in [7, 11) is 0. The minimum Gasteiger partial charge on any atom is -0.355 e. The number of carbonyl (C=O) groups excluding carboxylic acids is 1. The molecule has 0 atom stereocenters. The quantitative estimate of drug-likeness (QED) is 0.450. The van der Waals surface area contributed by atoms with Crippen molar-refractivity contribution in [3.63, 3.8) is 0 Å². The summed E-state index contributed by atoms with van der Waals surface area (Å²) in [6, 6.07) is 3.42. The van der Waals surface area contributed by atoms with E-state index in [0.717, 1.165) is 6.07 Å². The topological polar surface area (TPSA) is 84.3 Å². The maximum Gasteiger partial charge on any atom is 0.272 e. The lowest BCUT2D eigenvalue weighted by atomic mass is 10.2. The van der Waals surface area contributed by atoms with Crippen LogP contribution in [0.4, 0.5) is 10.1 Å². The van der Waals surface area contributed by atoms with Crippen LogP contribution in [0.5, 0.6) is 0 Å². The molecule has 1 aromatic carbocycles. The SMILES string of the molecule is CC(=O)NCCNCc1cc(F)cc([N+](=O)[O-])c1. The van der Waals surface area contributed by atoms with Gasteiger partial charge in [0.1, 0.15) is 5.82 Å². The second-order valence-corrected chi connectivity index (χ2v) is 3.73. The van der Waals surface area contributed by atoms with Crippen molar-refractivity contribution in [2.24, 2.45) is 0 Å². The Kier molecular flexibility index (Phi) is 5.19. The van der Waals surface area contributed by atoms with Crippen molar-refractivity contribution in [3.8, 4) is 0 Å². The Bertz CT molecular complexity index is 451. The fourth-order valence-electron chi connectivity index (χ4n) is 1.40. The number of carbonyl (C=O) groups is 1. The van der Waals surface area contributed by atoms with Gasteiger partial charge in [-0.05, 0) is 11.6 Å². The van der Waals surface area contributed by atoms with Crippen LogP contribution in [0.15, 0.2) is 18.2 Å². The van der Waals surface area contributed by atoms with Crippen LogP contribution in [0.25, 0.3) is 0 Å². The number of amides is 1. The predicted octanol–water partition coefficient (Wildman–Crippen LogP) is 0.960. The van der Waals surface area contributed by atoms with Gasteiger partial charge in [-0.15, -0.1) is 0 Å². The summed E-state index contributed by atoms with van der Waals surface area (Å²) in [5.41, 5.74) is 0.221. The molecular weight excluding hydrogens is 241 g/mol. The Morgan fingerprint density at radius 1 is 1.39 bits per heavy atom. The van der Waals surface area contributed by atoms with Gasteiger partial charge in [0.15, 0.2) is 0 Å². The molecular formula is C11H14FN3O3. The molecule has 0 saturated heterocycles. The number of non-ortho nitro benzene ring substituents is 1. The van der Waals surface area contributed by atoms with Crippen molar-refractivity contribution in [1.82, 2.24) is 10.6 Å². The molecule has 1 amide bonds. The smallest absolute Gasteiger partial charge is 0.272 e. The molecule has 0 saturated carbocycles. The maximum absolute atomic E-state index is 13.1. The van der Waals surface area contributed by atoms with E-state index in [4.69, 9.17) is 0 Å². The van der Waals surface area contributed by atoms with E-state index in [9.17, 15) is 19.3 Å². The van der Waals surface area contributed by atoms with Crippen LogP contribution in [0.3, 0.4) is 0 Å². The number of nitrogens with zero attached hydrogens (tertiary/aromatic N) is 1. The molecule has 6 nitrogen and oxygen atoms in total. The molecule has 0 aliphatic heterocycles. The van der Waals surface area contributed by atoms with Crippen LogP contribution in [-0.4, -0.2) is 23.9 Å². The minimum atomic E-state index is -0.636. The van der Waals surface area contributed by atoms with Gasteiger partial charge in [0.2, 0.25) is 5.91 Å². The highest BCUT2D eigenvalue weighted by Crippen LogP contribution is 2.15. The van der Waals surface area contributed by atoms with E-state index in [2.05, 4.69) is 10.6 Å². The Balaban J connectivity index is 2.47. The summed E-state index contributed by atoms with van der Waals surface area (Å²) in [4.78, 5) is 20.5. The normalized spacial score (nSPS) is 10.1. The first-order valence-electron chi connectivity index (χ1n) is 5.38. The largest absolute Gasteiger partial charge is 0.355 e. The van der Waals surface area contributed by atoms with E-state index in [1.54, 1.807) is 0 Å².